The molecule has 11 heteroatoms. The number of halogens is 5. The molecule has 2 fully saturated rings. The lowest BCUT2D eigenvalue weighted by Crippen LogP contribution is -2.30. The van der Waals surface area contributed by atoms with Gasteiger partial charge in [0.1, 0.15) is 17.4 Å². The molecule has 0 radical (unpaired) electrons. The number of furan rings is 1. The van der Waals surface area contributed by atoms with Gasteiger partial charge in [0, 0.05) is 35.7 Å². The fraction of sp³-hybridized carbons (Fsp3) is 0.276. The molecular weight excluding hydrogens is 533 g/mol. The number of alkyl halides is 3. The first-order valence-corrected chi connectivity index (χ1v) is 12.6. The molecule has 2 aliphatic rings. The zero-order chi connectivity index (χ0) is 28.4. The van der Waals surface area contributed by atoms with Crippen LogP contribution in [-0.2, 0) is 6.42 Å². The van der Waals surface area contributed by atoms with Crippen molar-refractivity contribution in [3.05, 3.63) is 77.0 Å². The van der Waals surface area contributed by atoms with E-state index in [4.69, 9.17) is 4.42 Å². The summed E-state index contributed by atoms with van der Waals surface area (Å²) in [6, 6.07) is 10.1. The highest BCUT2D eigenvalue weighted by molar-refractivity contribution is 6.11. The second-order valence-electron chi connectivity index (χ2n) is 10.3. The lowest BCUT2D eigenvalue weighted by molar-refractivity contribution is -0.134. The van der Waals surface area contributed by atoms with Crippen LogP contribution < -0.4 is 10.6 Å². The molecule has 2 N–H and O–H groups in total. The summed E-state index contributed by atoms with van der Waals surface area (Å²) in [6.07, 6.45) is -4.51. The Bertz CT molecular complexity index is 1670. The third-order valence-corrected chi connectivity index (χ3v) is 7.48. The minimum absolute atomic E-state index is 0.0227. The first-order chi connectivity index (χ1) is 19.0. The van der Waals surface area contributed by atoms with Crippen LogP contribution in [0.25, 0.3) is 33.6 Å². The van der Waals surface area contributed by atoms with Gasteiger partial charge >= 0.3 is 6.18 Å². The summed E-state index contributed by atoms with van der Waals surface area (Å²) in [5.74, 6) is -1.82. The number of pyridine rings is 1. The predicted octanol–water partition coefficient (Wildman–Crippen LogP) is 6.19. The predicted molar refractivity (Wildman–Crippen MR) is 135 cm³/mol. The number of hydrogen-bond acceptors (Lipinski definition) is 4. The summed E-state index contributed by atoms with van der Waals surface area (Å²) >= 11 is 0. The van der Waals surface area contributed by atoms with Crippen molar-refractivity contribution in [1.82, 2.24) is 15.6 Å². The number of rotatable bonds is 7. The molecule has 6 rings (SSSR count). The van der Waals surface area contributed by atoms with Gasteiger partial charge in [0.15, 0.2) is 0 Å². The Morgan fingerprint density at radius 3 is 2.33 bits per heavy atom. The van der Waals surface area contributed by atoms with E-state index >= 15 is 0 Å². The molecule has 2 amide bonds. The number of carbonyl (C=O) groups is 2. The topological polar surface area (TPSA) is 84.2 Å². The highest BCUT2D eigenvalue weighted by atomic mass is 19.4. The lowest BCUT2D eigenvalue weighted by atomic mass is 9.96. The van der Waals surface area contributed by atoms with Crippen molar-refractivity contribution in [1.29, 1.82) is 0 Å². The monoisotopic (exact) mass is 555 g/mol. The second kappa shape index (κ2) is 9.14. The molecule has 2 saturated carbocycles. The smallest absolute Gasteiger partial charge is 0.389 e. The van der Waals surface area contributed by atoms with Crippen LogP contribution in [0.15, 0.2) is 52.9 Å². The first-order valence-electron chi connectivity index (χ1n) is 12.6. The molecule has 0 spiro atoms. The van der Waals surface area contributed by atoms with Crippen molar-refractivity contribution < 1.29 is 36.0 Å². The van der Waals surface area contributed by atoms with Gasteiger partial charge in [0.2, 0.25) is 5.71 Å². The minimum Gasteiger partial charge on any atom is -0.437 e. The third-order valence-electron chi connectivity index (χ3n) is 7.48. The number of nitrogens with one attached hydrogen (secondary N) is 2. The van der Waals surface area contributed by atoms with E-state index in [0.717, 1.165) is 25.0 Å². The van der Waals surface area contributed by atoms with E-state index in [0.29, 0.717) is 11.5 Å². The summed E-state index contributed by atoms with van der Waals surface area (Å²) in [6.45, 7) is 0. The normalized spacial score (nSPS) is 19.3. The van der Waals surface area contributed by atoms with Crippen molar-refractivity contribution in [2.24, 2.45) is 5.92 Å². The maximum Gasteiger partial charge on any atom is 0.389 e. The fourth-order valence-electron chi connectivity index (χ4n) is 5.00. The summed E-state index contributed by atoms with van der Waals surface area (Å²) in [5, 5.41) is 5.57. The van der Waals surface area contributed by atoms with Gasteiger partial charge in [-0.05, 0) is 79.3 Å². The van der Waals surface area contributed by atoms with Crippen LogP contribution >= 0.6 is 0 Å². The number of fused-ring (bicyclic) bond motifs is 2. The molecule has 2 aliphatic carbocycles. The molecule has 0 bridgehead atoms. The number of benzene rings is 2. The minimum atomic E-state index is -4.50. The first kappa shape index (κ1) is 26.0. The van der Waals surface area contributed by atoms with Gasteiger partial charge in [-0.3, -0.25) is 9.59 Å². The Balaban J connectivity index is 1.51. The van der Waals surface area contributed by atoms with Crippen molar-refractivity contribution in [3.8, 4) is 22.5 Å². The SMILES string of the molecule is CNC(=O)c1c(-c2ccc(F)cc2)oc2nc(CCC(F)(F)F)c(-c3cc(F)cc(C(=O)NC45CC4C5)c3)cc12. The van der Waals surface area contributed by atoms with Gasteiger partial charge in [-0.15, -0.1) is 0 Å². The second-order valence-corrected chi connectivity index (χ2v) is 10.3. The quantitative estimate of drug-likeness (QED) is 0.267. The molecule has 0 aliphatic heterocycles. The fourth-order valence-corrected chi connectivity index (χ4v) is 5.00. The summed E-state index contributed by atoms with van der Waals surface area (Å²) in [4.78, 5) is 30.1. The van der Waals surface area contributed by atoms with Crippen LogP contribution in [0, 0.1) is 17.6 Å². The standard InChI is InChI=1S/C29H22F5N3O3/c1-35-26(39)23-21-11-20(15-8-16(10-19(31)9-15)25(38)37-28-12-17(28)13-28)22(6-7-29(32,33)34)36-27(21)40-24(23)14-2-4-18(30)5-3-14/h2-5,8-11,17H,6-7,12-13H2,1H3,(H,35,39)(H,37,38). The number of carbonyl (C=O) groups excluding carboxylic acids is 2. The van der Waals surface area contributed by atoms with Gasteiger partial charge in [-0.1, -0.05) is 0 Å². The molecule has 2 aromatic carbocycles. The third kappa shape index (κ3) is 4.80. The van der Waals surface area contributed by atoms with E-state index in [9.17, 15) is 31.5 Å². The van der Waals surface area contributed by atoms with Crippen molar-refractivity contribution >= 4 is 22.9 Å². The number of aryl methyl sites for hydroxylation is 1. The Morgan fingerprint density at radius 2 is 1.70 bits per heavy atom. The molecule has 40 heavy (non-hydrogen) atoms. The van der Waals surface area contributed by atoms with Gasteiger partial charge in [-0.2, -0.15) is 13.2 Å². The van der Waals surface area contributed by atoms with Crippen LogP contribution in [0.4, 0.5) is 22.0 Å². The molecular formula is C29H22F5N3O3. The Morgan fingerprint density at radius 1 is 1.00 bits per heavy atom. The van der Waals surface area contributed by atoms with Crippen LogP contribution in [0.5, 0.6) is 0 Å². The average molecular weight is 556 g/mol. The molecule has 0 unspecified atom stereocenters. The van der Waals surface area contributed by atoms with E-state index in [2.05, 4.69) is 15.6 Å². The molecule has 0 atom stereocenters. The number of aromatic nitrogens is 1. The lowest BCUT2D eigenvalue weighted by Gasteiger charge is -2.13. The maximum absolute atomic E-state index is 14.8. The Labute approximate surface area is 224 Å². The van der Waals surface area contributed by atoms with E-state index < -0.39 is 42.5 Å². The van der Waals surface area contributed by atoms with E-state index in [-0.39, 0.29) is 50.3 Å². The van der Waals surface area contributed by atoms with Gasteiger partial charge in [-0.25, -0.2) is 13.8 Å². The Hall–Kier alpha value is -4.28. The largest absolute Gasteiger partial charge is 0.437 e. The zero-order valence-corrected chi connectivity index (χ0v) is 21.1. The highest BCUT2D eigenvalue weighted by Gasteiger charge is 2.70. The van der Waals surface area contributed by atoms with Gasteiger partial charge in [0.25, 0.3) is 11.8 Å². The summed E-state index contributed by atoms with van der Waals surface area (Å²) in [7, 11) is 1.39. The number of amides is 2. The van der Waals surface area contributed by atoms with Crippen LogP contribution in [0.3, 0.4) is 0 Å². The van der Waals surface area contributed by atoms with Gasteiger partial charge < -0.3 is 15.1 Å². The van der Waals surface area contributed by atoms with Crippen LogP contribution in [0.2, 0.25) is 0 Å². The molecule has 2 heterocycles. The maximum atomic E-state index is 14.8. The summed E-state index contributed by atoms with van der Waals surface area (Å²) in [5.41, 5.74) is 0.280. The zero-order valence-electron chi connectivity index (χ0n) is 21.1. The van der Waals surface area contributed by atoms with Crippen molar-refractivity contribution in [3.63, 3.8) is 0 Å². The highest BCUT2D eigenvalue weighted by Crippen LogP contribution is 2.66. The van der Waals surface area contributed by atoms with E-state index in [1.54, 1.807) is 0 Å². The van der Waals surface area contributed by atoms with Gasteiger partial charge in [0.05, 0.1) is 16.6 Å². The number of hydrogen-bond donors (Lipinski definition) is 2. The summed E-state index contributed by atoms with van der Waals surface area (Å²) < 4.78 is 73.8. The van der Waals surface area contributed by atoms with Crippen LogP contribution in [-0.4, -0.2) is 35.6 Å². The average Bonchev–Trinajstić information content (AvgIpc) is 3.72. The van der Waals surface area contributed by atoms with E-state index in [1.165, 1.54) is 43.4 Å². The molecule has 2 aromatic heterocycles. The van der Waals surface area contributed by atoms with Crippen LogP contribution in [0.1, 0.15) is 45.7 Å². The van der Waals surface area contributed by atoms with Crippen molar-refractivity contribution in [2.75, 3.05) is 7.05 Å². The molecule has 6 nitrogen and oxygen atoms in total. The molecule has 0 saturated heterocycles. The molecule has 4 aromatic rings. The Kier molecular flexibility index (Phi) is 5.93. The van der Waals surface area contributed by atoms with E-state index in [1.807, 2.05) is 0 Å². The molecule has 206 valence electrons. The number of nitrogens with zero attached hydrogens (tertiary/aromatic N) is 1. The van der Waals surface area contributed by atoms with Crippen molar-refractivity contribution in [2.45, 2.75) is 37.4 Å².